The fourth-order valence-corrected chi connectivity index (χ4v) is 2.38. The number of halogens is 1. The van der Waals surface area contributed by atoms with Crippen LogP contribution in [0.3, 0.4) is 0 Å². The van der Waals surface area contributed by atoms with E-state index in [9.17, 15) is 8.42 Å². The van der Waals surface area contributed by atoms with Crippen molar-refractivity contribution in [2.45, 2.75) is 25.7 Å². The number of hydrogen-bond donors (Lipinski definition) is 1. The van der Waals surface area contributed by atoms with Gasteiger partial charge in [-0.1, -0.05) is 6.42 Å². The fourth-order valence-electron chi connectivity index (χ4n) is 1.09. The van der Waals surface area contributed by atoms with Crippen LogP contribution in [0.1, 0.15) is 25.7 Å². The summed E-state index contributed by atoms with van der Waals surface area (Å²) in [6, 6.07) is 0. The number of nitrogens with one attached hydrogen (secondary N) is 1. The lowest BCUT2D eigenvalue weighted by Gasteiger charge is -2.05. The van der Waals surface area contributed by atoms with Crippen molar-refractivity contribution in [2.75, 3.05) is 31.9 Å². The zero-order valence-corrected chi connectivity index (χ0v) is 10.7. The second kappa shape index (κ2) is 9.39. The number of unbranched alkanes of at least 4 members (excludes halogenated alkanes) is 2. The van der Waals surface area contributed by atoms with Crippen LogP contribution in [0.2, 0.25) is 0 Å². The Balaban J connectivity index is 3.47. The molecule has 0 aliphatic carbocycles. The molecule has 0 heterocycles. The Hall–Kier alpha value is 0.160. The van der Waals surface area contributed by atoms with E-state index in [1.165, 1.54) is 0 Å². The summed E-state index contributed by atoms with van der Waals surface area (Å²) in [5.74, 6) is 0.775. The van der Waals surface area contributed by atoms with Crippen molar-refractivity contribution in [1.29, 1.82) is 0 Å². The van der Waals surface area contributed by atoms with E-state index in [2.05, 4.69) is 4.72 Å². The van der Waals surface area contributed by atoms with Gasteiger partial charge in [0.15, 0.2) is 0 Å². The lowest BCUT2D eigenvalue weighted by molar-refractivity contribution is 0.199. The molecule has 6 heteroatoms. The molecule has 0 bridgehead atoms. The van der Waals surface area contributed by atoms with Crippen LogP contribution < -0.4 is 4.72 Å². The van der Waals surface area contributed by atoms with Gasteiger partial charge >= 0.3 is 0 Å². The highest BCUT2D eigenvalue weighted by molar-refractivity contribution is 7.89. The summed E-state index contributed by atoms with van der Waals surface area (Å²) in [7, 11) is -1.54. The maximum absolute atomic E-state index is 11.3. The molecular formula is C9H20ClNO3S. The van der Waals surface area contributed by atoms with Gasteiger partial charge in [-0.05, 0) is 19.3 Å². The largest absolute Gasteiger partial charge is 0.385 e. The van der Waals surface area contributed by atoms with Gasteiger partial charge in [0.1, 0.15) is 0 Å². The Morgan fingerprint density at radius 3 is 2.53 bits per heavy atom. The molecule has 0 aromatic heterocycles. The van der Waals surface area contributed by atoms with Crippen molar-refractivity contribution in [3.05, 3.63) is 0 Å². The van der Waals surface area contributed by atoms with E-state index in [0.717, 1.165) is 19.3 Å². The van der Waals surface area contributed by atoms with E-state index >= 15 is 0 Å². The minimum atomic E-state index is -3.10. The fraction of sp³-hybridized carbons (Fsp3) is 1.00. The Morgan fingerprint density at radius 2 is 1.93 bits per heavy atom. The number of rotatable bonds is 10. The smallest absolute Gasteiger partial charge is 0.211 e. The first-order valence-electron chi connectivity index (χ1n) is 5.14. The molecule has 1 N–H and O–H groups in total. The summed E-state index contributed by atoms with van der Waals surface area (Å²) >= 11 is 5.50. The molecule has 0 spiro atoms. The summed E-state index contributed by atoms with van der Waals surface area (Å²) in [6.45, 7) is 0.985. The molecule has 0 fully saturated rings. The van der Waals surface area contributed by atoms with Crippen LogP contribution in [0.25, 0.3) is 0 Å². The molecule has 4 nitrogen and oxygen atoms in total. The van der Waals surface area contributed by atoms with Crippen molar-refractivity contribution in [2.24, 2.45) is 0 Å². The number of sulfonamides is 1. The van der Waals surface area contributed by atoms with Crippen molar-refractivity contribution in [3.63, 3.8) is 0 Å². The molecule has 0 radical (unpaired) electrons. The molecule has 92 valence electrons. The first-order chi connectivity index (χ1) is 7.12. The van der Waals surface area contributed by atoms with Gasteiger partial charge in [0.2, 0.25) is 10.0 Å². The predicted octanol–water partition coefficient (Wildman–Crippen LogP) is 1.35. The third-order valence-electron chi connectivity index (χ3n) is 1.89. The van der Waals surface area contributed by atoms with E-state index < -0.39 is 10.0 Å². The number of methoxy groups -OCH3 is 1. The van der Waals surface area contributed by atoms with Crippen molar-refractivity contribution >= 4 is 21.6 Å². The van der Waals surface area contributed by atoms with E-state index in [0.29, 0.717) is 25.5 Å². The van der Waals surface area contributed by atoms with E-state index in [-0.39, 0.29) is 5.75 Å². The van der Waals surface area contributed by atoms with Crippen molar-refractivity contribution in [1.82, 2.24) is 4.72 Å². The van der Waals surface area contributed by atoms with Crippen molar-refractivity contribution < 1.29 is 13.2 Å². The quantitative estimate of drug-likeness (QED) is 0.475. The minimum Gasteiger partial charge on any atom is -0.385 e. The average molecular weight is 258 g/mol. The van der Waals surface area contributed by atoms with Crippen LogP contribution in [0.4, 0.5) is 0 Å². The van der Waals surface area contributed by atoms with Gasteiger partial charge in [-0.15, -0.1) is 11.6 Å². The normalized spacial score (nSPS) is 11.9. The Kier molecular flexibility index (Phi) is 9.49. The van der Waals surface area contributed by atoms with Gasteiger partial charge in [0.25, 0.3) is 0 Å². The van der Waals surface area contributed by atoms with E-state index in [4.69, 9.17) is 16.3 Å². The predicted molar refractivity (Wildman–Crippen MR) is 62.9 cm³/mol. The molecule has 0 saturated heterocycles. The summed E-state index contributed by atoms with van der Waals surface area (Å²) < 4.78 is 30.0. The van der Waals surface area contributed by atoms with Crippen LogP contribution in [0.15, 0.2) is 0 Å². The molecule has 0 aliphatic heterocycles. The number of ether oxygens (including phenoxy) is 1. The molecular weight excluding hydrogens is 238 g/mol. The minimum absolute atomic E-state index is 0.135. The standard InChI is InChI=1S/C9H20ClNO3S/c1-14-8-5-9-15(12,13)11-7-4-2-3-6-10/h11H,2-9H2,1H3. The summed E-state index contributed by atoms with van der Waals surface area (Å²) in [5, 5.41) is 0. The van der Waals surface area contributed by atoms with Gasteiger partial charge < -0.3 is 4.74 Å². The second-order valence-electron chi connectivity index (χ2n) is 3.31. The third kappa shape index (κ3) is 10.4. The maximum Gasteiger partial charge on any atom is 0.211 e. The Morgan fingerprint density at radius 1 is 1.20 bits per heavy atom. The SMILES string of the molecule is COCCCS(=O)(=O)NCCCCCCl. The first-order valence-corrected chi connectivity index (χ1v) is 7.33. The number of alkyl halides is 1. The molecule has 15 heavy (non-hydrogen) atoms. The van der Waals surface area contributed by atoms with E-state index in [1.54, 1.807) is 7.11 Å². The monoisotopic (exact) mass is 257 g/mol. The van der Waals surface area contributed by atoms with Gasteiger partial charge in [-0.25, -0.2) is 13.1 Å². The first kappa shape index (κ1) is 15.2. The highest BCUT2D eigenvalue weighted by Crippen LogP contribution is 1.97. The van der Waals surface area contributed by atoms with Gasteiger partial charge in [0, 0.05) is 26.1 Å². The molecule has 0 atom stereocenters. The molecule has 0 aromatic carbocycles. The zero-order valence-electron chi connectivity index (χ0n) is 9.17. The average Bonchev–Trinajstić information content (AvgIpc) is 2.17. The summed E-state index contributed by atoms with van der Waals surface area (Å²) in [6.07, 6.45) is 3.28. The highest BCUT2D eigenvalue weighted by Gasteiger charge is 2.08. The van der Waals surface area contributed by atoms with Crippen LogP contribution in [-0.4, -0.2) is 40.3 Å². The van der Waals surface area contributed by atoms with Crippen LogP contribution in [0, 0.1) is 0 Å². The lowest BCUT2D eigenvalue weighted by Crippen LogP contribution is -2.27. The zero-order chi connectivity index (χ0) is 11.6. The van der Waals surface area contributed by atoms with Crippen LogP contribution in [0.5, 0.6) is 0 Å². The third-order valence-corrected chi connectivity index (χ3v) is 3.63. The van der Waals surface area contributed by atoms with Crippen molar-refractivity contribution in [3.8, 4) is 0 Å². The highest BCUT2D eigenvalue weighted by atomic mass is 35.5. The Labute approximate surface area is 97.4 Å². The van der Waals surface area contributed by atoms with Crippen LogP contribution >= 0.6 is 11.6 Å². The maximum atomic E-state index is 11.3. The molecule has 0 rings (SSSR count). The molecule has 0 unspecified atom stereocenters. The van der Waals surface area contributed by atoms with E-state index in [1.807, 2.05) is 0 Å². The lowest BCUT2D eigenvalue weighted by atomic mass is 10.2. The summed E-state index contributed by atoms with van der Waals surface area (Å²) in [4.78, 5) is 0. The van der Waals surface area contributed by atoms with Crippen LogP contribution in [-0.2, 0) is 14.8 Å². The number of hydrogen-bond acceptors (Lipinski definition) is 3. The molecule has 0 aliphatic rings. The topological polar surface area (TPSA) is 55.4 Å². The molecule has 0 aromatic rings. The molecule has 0 amide bonds. The van der Waals surface area contributed by atoms with Gasteiger partial charge in [-0.3, -0.25) is 0 Å². The van der Waals surface area contributed by atoms with Gasteiger partial charge in [0.05, 0.1) is 5.75 Å². The Bertz CT molecular complexity index is 232. The molecule has 0 saturated carbocycles. The second-order valence-corrected chi connectivity index (χ2v) is 5.61. The van der Waals surface area contributed by atoms with Gasteiger partial charge in [-0.2, -0.15) is 0 Å². The summed E-state index contributed by atoms with van der Waals surface area (Å²) in [5.41, 5.74) is 0.